The van der Waals surface area contributed by atoms with Gasteiger partial charge in [-0.3, -0.25) is 9.59 Å². The van der Waals surface area contributed by atoms with E-state index in [-0.39, 0.29) is 24.2 Å². The molecule has 94 valence electrons. The lowest BCUT2D eigenvalue weighted by Gasteiger charge is -2.36. The minimum Gasteiger partial charge on any atom is -0.481 e. The lowest BCUT2D eigenvalue weighted by atomic mass is 9.71. The van der Waals surface area contributed by atoms with Crippen LogP contribution in [0, 0.1) is 17.8 Å². The average molecular weight is 237 g/mol. The van der Waals surface area contributed by atoms with E-state index in [9.17, 15) is 9.59 Å². The first-order valence-electron chi connectivity index (χ1n) is 6.00. The van der Waals surface area contributed by atoms with Crippen LogP contribution in [-0.4, -0.2) is 23.5 Å². The summed E-state index contributed by atoms with van der Waals surface area (Å²) in [5.41, 5.74) is -0.270. The van der Waals surface area contributed by atoms with Gasteiger partial charge in [-0.25, -0.2) is 0 Å². The maximum Gasteiger partial charge on any atom is 0.303 e. The summed E-state index contributed by atoms with van der Waals surface area (Å²) in [7, 11) is 0. The highest BCUT2D eigenvalue weighted by atomic mass is 16.4. The molecule has 0 heterocycles. The van der Waals surface area contributed by atoms with Crippen molar-refractivity contribution in [3.8, 4) is 12.3 Å². The van der Waals surface area contributed by atoms with Gasteiger partial charge < -0.3 is 10.4 Å². The van der Waals surface area contributed by atoms with E-state index in [1.165, 1.54) is 0 Å². The van der Waals surface area contributed by atoms with Gasteiger partial charge in [0.25, 0.3) is 0 Å². The Kier molecular flexibility index (Phi) is 5.02. The molecular formula is C13H19NO3. The third-order valence-corrected chi connectivity index (χ3v) is 3.36. The highest BCUT2D eigenvalue weighted by Crippen LogP contribution is 2.38. The second-order valence-electron chi connectivity index (χ2n) is 4.79. The van der Waals surface area contributed by atoms with Crippen LogP contribution in [0.4, 0.5) is 0 Å². The molecule has 0 saturated heterocycles. The first-order valence-corrected chi connectivity index (χ1v) is 6.00. The number of carbonyl (C=O) groups is 2. The zero-order valence-corrected chi connectivity index (χ0v) is 10.00. The maximum absolute atomic E-state index is 11.3. The summed E-state index contributed by atoms with van der Waals surface area (Å²) in [4.78, 5) is 22.2. The molecule has 0 unspecified atom stereocenters. The van der Waals surface area contributed by atoms with E-state index in [1.54, 1.807) is 0 Å². The summed E-state index contributed by atoms with van der Waals surface area (Å²) < 4.78 is 0. The van der Waals surface area contributed by atoms with Gasteiger partial charge in [0, 0.05) is 6.54 Å². The van der Waals surface area contributed by atoms with Crippen molar-refractivity contribution < 1.29 is 14.7 Å². The molecule has 0 bridgehead atoms. The molecule has 0 radical (unpaired) electrons. The average Bonchev–Trinajstić information content (AvgIpc) is 2.27. The number of amides is 1. The van der Waals surface area contributed by atoms with E-state index in [4.69, 9.17) is 11.5 Å². The second-order valence-corrected chi connectivity index (χ2v) is 4.79. The summed E-state index contributed by atoms with van der Waals surface area (Å²) in [6, 6.07) is 0. The van der Waals surface area contributed by atoms with Crippen LogP contribution >= 0.6 is 0 Å². The molecule has 1 aliphatic carbocycles. The van der Waals surface area contributed by atoms with Crippen LogP contribution in [-0.2, 0) is 9.59 Å². The van der Waals surface area contributed by atoms with Crippen LogP contribution in [0.3, 0.4) is 0 Å². The smallest absolute Gasteiger partial charge is 0.303 e. The van der Waals surface area contributed by atoms with Crippen molar-refractivity contribution in [2.75, 3.05) is 6.54 Å². The fourth-order valence-electron chi connectivity index (χ4n) is 2.48. The summed E-state index contributed by atoms with van der Waals surface area (Å²) in [6.07, 6.45) is 10.2. The van der Waals surface area contributed by atoms with Crippen LogP contribution < -0.4 is 5.32 Å². The third kappa shape index (κ3) is 4.48. The maximum atomic E-state index is 11.3. The van der Waals surface area contributed by atoms with Crippen molar-refractivity contribution in [1.82, 2.24) is 5.32 Å². The van der Waals surface area contributed by atoms with Crippen molar-refractivity contribution in [2.45, 2.75) is 44.9 Å². The van der Waals surface area contributed by atoms with Gasteiger partial charge >= 0.3 is 5.97 Å². The Morgan fingerprint density at radius 1 is 1.29 bits per heavy atom. The molecule has 0 aromatic rings. The lowest BCUT2D eigenvalue weighted by Crippen LogP contribution is -2.40. The van der Waals surface area contributed by atoms with Gasteiger partial charge in [-0.2, -0.15) is 0 Å². The zero-order valence-electron chi connectivity index (χ0n) is 10.00. The Morgan fingerprint density at radius 2 is 1.94 bits per heavy atom. The minimum atomic E-state index is -0.793. The SMILES string of the molecule is C#CCC(=O)NCC1(CC(=O)O)CCCCC1. The van der Waals surface area contributed by atoms with Crippen LogP contribution in [0.2, 0.25) is 0 Å². The standard InChI is InChI=1S/C13H19NO3/c1-2-6-11(15)14-10-13(9-12(16)17)7-4-3-5-8-13/h1H,3-10H2,(H,14,15)(H,16,17). The second kappa shape index (κ2) is 6.29. The summed E-state index contributed by atoms with van der Waals surface area (Å²) in [5, 5.41) is 11.7. The van der Waals surface area contributed by atoms with Crippen LogP contribution in [0.5, 0.6) is 0 Å². The van der Waals surface area contributed by atoms with E-state index in [1.807, 2.05) is 0 Å². The molecule has 0 aliphatic heterocycles. The third-order valence-electron chi connectivity index (χ3n) is 3.36. The Bertz CT molecular complexity index is 324. The molecule has 1 amide bonds. The van der Waals surface area contributed by atoms with Crippen LogP contribution in [0.25, 0.3) is 0 Å². The van der Waals surface area contributed by atoms with Gasteiger partial charge in [-0.15, -0.1) is 6.42 Å². The molecule has 0 atom stereocenters. The molecule has 0 aromatic heterocycles. The molecule has 1 saturated carbocycles. The zero-order chi connectivity index (χ0) is 12.7. The van der Waals surface area contributed by atoms with Gasteiger partial charge in [-0.05, 0) is 18.3 Å². The number of aliphatic carboxylic acids is 1. The molecule has 1 aliphatic rings. The molecule has 1 rings (SSSR count). The number of carboxylic acid groups (broad SMARTS) is 1. The van der Waals surface area contributed by atoms with E-state index in [0.29, 0.717) is 6.54 Å². The predicted octanol–water partition coefficient (Wildman–Crippen LogP) is 1.55. The van der Waals surface area contributed by atoms with Crippen molar-refractivity contribution in [3.05, 3.63) is 0 Å². The molecular weight excluding hydrogens is 218 g/mol. The Hall–Kier alpha value is -1.50. The van der Waals surface area contributed by atoms with Crippen LogP contribution in [0.15, 0.2) is 0 Å². The summed E-state index contributed by atoms with van der Waals surface area (Å²) in [6.45, 7) is 0.430. The number of hydrogen-bond donors (Lipinski definition) is 2. The van der Waals surface area contributed by atoms with Crippen molar-refractivity contribution in [2.24, 2.45) is 5.41 Å². The molecule has 4 heteroatoms. The first-order chi connectivity index (χ1) is 8.08. The number of carbonyl (C=O) groups excluding carboxylic acids is 1. The number of rotatable bonds is 5. The molecule has 1 fully saturated rings. The van der Waals surface area contributed by atoms with E-state index in [0.717, 1.165) is 32.1 Å². The quantitative estimate of drug-likeness (QED) is 0.713. The number of carboxylic acids is 1. The topological polar surface area (TPSA) is 66.4 Å². The van der Waals surface area contributed by atoms with Crippen molar-refractivity contribution >= 4 is 11.9 Å². The minimum absolute atomic E-state index is 0.0587. The fourth-order valence-corrected chi connectivity index (χ4v) is 2.48. The number of terminal acetylenes is 1. The van der Waals surface area contributed by atoms with Gasteiger partial charge in [0.05, 0.1) is 12.8 Å². The Balaban J connectivity index is 2.54. The molecule has 0 spiro atoms. The highest BCUT2D eigenvalue weighted by molar-refractivity contribution is 5.78. The van der Waals surface area contributed by atoms with Gasteiger partial charge in [0.1, 0.15) is 0 Å². The highest BCUT2D eigenvalue weighted by Gasteiger charge is 2.34. The summed E-state index contributed by atoms with van der Waals surface area (Å²) >= 11 is 0. The van der Waals surface area contributed by atoms with Crippen molar-refractivity contribution in [3.63, 3.8) is 0 Å². The normalized spacial score (nSPS) is 18.1. The number of nitrogens with one attached hydrogen (secondary N) is 1. The largest absolute Gasteiger partial charge is 0.481 e. The van der Waals surface area contributed by atoms with Crippen molar-refractivity contribution in [1.29, 1.82) is 0 Å². The number of hydrogen-bond acceptors (Lipinski definition) is 2. The Morgan fingerprint density at radius 3 is 2.47 bits per heavy atom. The van der Waals surface area contributed by atoms with E-state index in [2.05, 4.69) is 11.2 Å². The Labute approximate surface area is 102 Å². The van der Waals surface area contributed by atoms with Crippen LogP contribution in [0.1, 0.15) is 44.9 Å². The van der Waals surface area contributed by atoms with Gasteiger partial charge in [0.2, 0.25) is 5.91 Å². The lowest BCUT2D eigenvalue weighted by molar-refractivity contribution is -0.140. The first kappa shape index (κ1) is 13.6. The van der Waals surface area contributed by atoms with Gasteiger partial charge in [-0.1, -0.05) is 25.2 Å². The van der Waals surface area contributed by atoms with E-state index >= 15 is 0 Å². The monoisotopic (exact) mass is 237 g/mol. The summed E-state index contributed by atoms with van der Waals surface area (Å²) in [5.74, 6) is 1.29. The van der Waals surface area contributed by atoms with E-state index < -0.39 is 5.97 Å². The van der Waals surface area contributed by atoms with Gasteiger partial charge in [0.15, 0.2) is 0 Å². The predicted molar refractivity (Wildman–Crippen MR) is 64.2 cm³/mol. The molecule has 2 N–H and O–H groups in total. The molecule has 17 heavy (non-hydrogen) atoms. The molecule has 4 nitrogen and oxygen atoms in total. The molecule has 0 aromatic carbocycles. The fraction of sp³-hybridized carbons (Fsp3) is 0.692.